The summed E-state index contributed by atoms with van der Waals surface area (Å²) in [5.41, 5.74) is 2.37. The van der Waals surface area contributed by atoms with Crippen molar-refractivity contribution in [3.63, 3.8) is 0 Å². The molecule has 6 heteroatoms. The lowest BCUT2D eigenvalue weighted by Gasteiger charge is -2.13. The SMILES string of the molecule is CCC1=C(C)C(=O)N(C(=O)/C=C/c2cc(OC)c(OC)c(OC)c2)C1. The number of nitrogens with zero attached hydrogens (tertiary/aromatic N) is 1. The van der Waals surface area contributed by atoms with E-state index in [9.17, 15) is 9.59 Å². The van der Waals surface area contributed by atoms with Gasteiger partial charge in [0.15, 0.2) is 11.5 Å². The lowest BCUT2D eigenvalue weighted by molar-refractivity contribution is -0.137. The van der Waals surface area contributed by atoms with Gasteiger partial charge < -0.3 is 14.2 Å². The van der Waals surface area contributed by atoms with Gasteiger partial charge in [0.2, 0.25) is 5.75 Å². The topological polar surface area (TPSA) is 65.1 Å². The molecule has 1 aromatic rings. The van der Waals surface area contributed by atoms with Gasteiger partial charge in [0, 0.05) is 11.6 Å². The van der Waals surface area contributed by atoms with E-state index in [4.69, 9.17) is 14.2 Å². The van der Waals surface area contributed by atoms with Gasteiger partial charge in [-0.3, -0.25) is 14.5 Å². The summed E-state index contributed by atoms with van der Waals surface area (Å²) in [4.78, 5) is 25.8. The number of hydrogen-bond donors (Lipinski definition) is 0. The van der Waals surface area contributed by atoms with Crippen molar-refractivity contribution < 1.29 is 23.8 Å². The Labute approximate surface area is 147 Å². The van der Waals surface area contributed by atoms with Crippen LogP contribution >= 0.6 is 0 Å². The van der Waals surface area contributed by atoms with E-state index >= 15 is 0 Å². The highest BCUT2D eigenvalue weighted by atomic mass is 16.5. The van der Waals surface area contributed by atoms with E-state index in [2.05, 4.69) is 0 Å². The van der Waals surface area contributed by atoms with E-state index in [1.54, 1.807) is 25.1 Å². The Morgan fingerprint density at radius 3 is 2.20 bits per heavy atom. The molecule has 1 aromatic carbocycles. The first-order valence-electron chi connectivity index (χ1n) is 7.99. The minimum absolute atomic E-state index is 0.226. The summed E-state index contributed by atoms with van der Waals surface area (Å²) in [5, 5.41) is 0. The first-order chi connectivity index (χ1) is 12.0. The van der Waals surface area contributed by atoms with Crippen LogP contribution in [0.15, 0.2) is 29.4 Å². The van der Waals surface area contributed by atoms with Crippen molar-refractivity contribution in [3.8, 4) is 17.2 Å². The first-order valence-corrected chi connectivity index (χ1v) is 7.99. The van der Waals surface area contributed by atoms with E-state index < -0.39 is 0 Å². The molecule has 0 saturated heterocycles. The predicted octanol–water partition coefficient (Wildman–Crippen LogP) is 2.82. The molecule has 0 N–H and O–H groups in total. The second kappa shape index (κ2) is 7.88. The number of ether oxygens (including phenoxy) is 3. The zero-order valence-corrected chi connectivity index (χ0v) is 15.2. The van der Waals surface area contributed by atoms with E-state index in [1.807, 2.05) is 6.92 Å². The zero-order chi connectivity index (χ0) is 18.6. The van der Waals surface area contributed by atoms with Gasteiger partial charge in [0.25, 0.3) is 11.8 Å². The van der Waals surface area contributed by atoms with Crippen molar-refractivity contribution in [2.75, 3.05) is 27.9 Å². The number of amides is 2. The smallest absolute Gasteiger partial charge is 0.256 e. The van der Waals surface area contributed by atoms with Crippen LogP contribution in [-0.2, 0) is 9.59 Å². The molecule has 0 spiro atoms. The van der Waals surface area contributed by atoms with E-state index in [-0.39, 0.29) is 11.8 Å². The lowest BCUT2D eigenvalue weighted by Crippen LogP contribution is -2.32. The third-order valence-electron chi connectivity index (χ3n) is 4.24. The van der Waals surface area contributed by atoms with Crippen molar-refractivity contribution in [3.05, 3.63) is 34.9 Å². The summed E-state index contributed by atoms with van der Waals surface area (Å²) < 4.78 is 15.9. The third-order valence-corrected chi connectivity index (χ3v) is 4.24. The van der Waals surface area contributed by atoms with Crippen molar-refractivity contribution in [1.29, 1.82) is 0 Å². The molecule has 0 unspecified atom stereocenters. The molecule has 6 nitrogen and oxygen atoms in total. The Balaban J connectivity index is 2.22. The van der Waals surface area contributed by atoms with Crippen molar-refractivity contribution in [2.24, 2.45) is 0 Å². The molecule has 25 heavy (non-hydrogen) atoms. The second-order valence-corrected chi connectivity index (χ2v) is 5.60. The van der Waals surface area contributed by atoms with Crippen LogP contribution in [0.1, 0.15) is 25.8 Å². The monoisotopic (exact) mass is 345 g/mol. The Bertz CT molecular complexity index is 723. The van der Waals surface area contributed by atoms with Gasteiger partial charge in [0.1, 0.15) is 0 Å². The molecular weight excluding hydrogens is 322 g/mol. The normalized spacial score (nSPS) is 14.4. The number of imide groups is 1. The standard InChI is InChI=1S/C19H23NO5/c1-6-14-11-20(19(22)12(14)2)17(21)8-7-13-9-15(23-3)18(25-5)16(10-13)24-4/h7-10H,6,11H2,1-5H3/b8-7+. The molecular formula is C19H23NO5. The van der Waals surface area contributed by atoms with Gasteiger partial charge in [-0.1, -0.05) is 6.92 Å². The molecule has 1 aliphatic heterocycles. The van der Waals surface area contributed by atoms with Gasteiger partial charge in [-0.25, -0.2) is 0 Å². The molecule has 0 saturated carbocycles. The molecule has 0 fully saturated rings. The molecule has 1 heterocycles. The highest BCUT2D eigenvalue weighted by Gasteiger charge is 2.29. The fourth-order valence-electron chi connectivity index (χ4n) is 2.74. The summed E-state index contributed by atoms with van der Waals surface area (Å²) in [6, 6.07) is 3.47. The van der Waals surface area contributed by atoms with Gasteiger partial charge in [-0.15, -0.1) is 0 Å². The molecule has 0 atom stereocenters. The highest BCUT2D eigenvalue weighted by Crippen LogP contribution is 2.38. The number of benzene rings is 1. The average molecular weight is 345 g/mol. The minimum Gasteiger partial charge on any atom is -0.493 e. The number of carbonyl (C=O) groups excluding carboxylic acids is 2. The molecule has 2 amide bonds. The molecule has 1 aliphatic rings. The molecule has 0 aliphatic carbocycles. The van der Waals surface area contributed by atoms with Gasteiger partial charge >= 0.3 is 0 Å². The minimum atomic E-state index is -0.346. The highest BCUT2D eigenvalue weighted by molar-refractivity contribution is 6.10. The zero-order valence-electron chi connectivity index (χ0n) is 15.2. The summed E-state index contributed by atoms with van der Waals surface area (Å²) in [7, 11) is 4.58. The molecule has 134 valence electrons. The molecule has 0 radical (unpaired) electrons. The van der Waals surface area contributed by atoms with Crippen molar-refractivity contribution in [2.45, 2.75) is 20.3 Å². The Morgan fingerprint density at radius 2 is 1.76 bits per heavy atom. The number of methoxy groups -OCH3 is 3. The van der Waals surface area contributed by atoms with Crippen molar-refractivity contribution >= 4 is 17.9 Å². The maximum Gasteiger partial charge on any atom is 0.256 e. The van der Waals surface area contributed by atoms with Crippen LogP contribution in [0.2, 0.25) is 0 Å². The van der Waals surface area contributed by atoms with Crippen LogP contribution in [0.3, 0.4) is 0 Å². The maximum atomic E-state index is 12.4. The van der Waals surface area contributed by atoms with E-state index in [0.29, 0.717) is 34.9 Å². The number of rotatable bonds is 6. The van der Waals surface area contributed by atoms with Crippen LogP contribution < -0.4 is 14.2 Å². The molecule has 0 aromatic heterocycles. The number of hydrogen-bond acceptors (Lipinski definition) is 5. The van der Waals surface area contributed by atoms with Crippen LogP contribution in [-0.4, -0.2) is 44.6 Å². The van der Waals surface area contributed by atoms with Crippen LogP contribution in [0.25, 0.3) is 6.08 Å². The largest absolute Gasteiger partial charge is 0.493 e. The second-order valence-electron chi connectivity index (χ2n) is 5.60. The van der Waals surface area contributed by atoms with Gasteiger partial charge in [-0.2, -0.15) is 0 Å². The first kappa shape index (κ1) is 18.6. The Hall–Kier alpha value is -2.76. The summed E-state index contributed by atoms with van der Waals surface area (Å²) in [6.45, 7) is 4.10. The van der Waals surface area contributed by atoms with Crippen molar-refractivity contribution in [1.82, 2.24) is 4.90 Å². The van der Waals surface area contributed by atoms with Gasteiger partial charge in [0.05, 0.1) is 27.9 Å². The van der Waals surface area contributed by atoms with E-state index in [1.165, 1.54) is 32.3 Å². The average Bonchev–Trinajstić information content (AvgIpc) is 2.93. The lowest BCUT2D eigenvalue weighted by atomic mass is 10.1. The Morgan fingerprint density at radius 1 is 1.16 bits per heavy atom. The Kier molecular flexibility index (Phi) is 5.85. The molecule has 0 bridgehead atoms. The summed E-state index contributed by atoms with van der Waals surface area (Å²) in [5.74, 6) is 0.905. The summed E-state index contributed by atoms with van der Waals surface area (Å²) in [6.07, 6.45) is 3.77. The van der Waals surface area contributed by atoms with E-state index in [0.717, 1.165) is 12.0 Å². The van der Waals surface area contributed by atoms with Crippen LogP contribution in [0.5, 0.6) is 17.2 Å². The fraction of sp³-hybridized carbons (Fsp3) is 0.368. The quantitative estimate of drug-likeness (QED) is 0.742. The summed E-state index contributed by atoms with van der Waals surface area (Å²) >= 11 is 0. The van der Waals surface area contributed by atoms with Crippen LogP contribution in [0.4, 0.5) is 0 Å². The predicted molar refractivity (Wildman–Crippen MR) is 94.8 cm³/mol. The molecule has 2 rings (SSSR count). The third kappa shape index (κ3) is 3.68. The fourth-order valence-corrected chi connectivity index (χ4v) is 2.74. The maximum absolute atomic E-state index is 12.4. The van der Waals surface area contributed by atoms with Crippen LogP contribution in [0, 0.1) is 0 Å². The number of carbonyl (C=O) groups is 2. The van der Waals surface area contributed by atoms with Gasteiger partial charge in [-0.05, 0) is 42.7 Å².